The Bertz CT molecular complexity index is 375. The molecular formula is C8H11N2NaO4S. The van der Waals surface area contributed by atoms with E-state index in [0.29, 0.717) is 31.6 Å². The van der Waals surface area contributed by atoms with Crippen LogP contribution in [0.4, 0.5) is 0 Å². The van der Waals surface area contributed by atoms with Crippen molar-refractivity contribution in [2.45, 2.75) is 9.77 Å². The van der Waals surface area contributed by atoms with Crippen molar-refractivity contribution in [2.75, 3.05) is 6.61 Å². The number of aliphatic hydroxyl groups is 2. The van der Waals surface area contributed by atoms with Crippen LogP contribution in [-0.4, -0.2) is 74.1 Å². The molecule has 8 heteroatoms. The number of aromatic nitrogens is 2. The van der Waals surface area contributed by atoms with Crippen molar-refractivity contribution < 1.29 is 18.6 Å². The third-order valence-electron chi connectivity index (χ3n) is 1.58. The molecule has 0 saturated carbocycles. The van der Waals surface area contributed by atoms with Gasteiger partial charge in [0.05, 0.1) is 0 Å². The van der Waals surface area contributed by atoms with E-state index in [0.717, 1.165) is 0 Å². The van der Waals surface area contributed by atoms with Crippen molar-refractivity contribution >= 4 is 43.1 Å². The first kappa shape index (κ1) is 15.7. The molecule has 0 spiro atoms. The minimum atomic E-state index is -2.34. The summed E-state index contributed by atoms with van der Waals surface area (Å²) in [6.07, 6.45) is 5.36. The van der Waals surface area contributed by atoms with E-state index in [9.17, 15) is 8.42 Å². The molecule has 6 nitrogen and oxygen atoms in total. The summed E-state index contributed by atoms with van der Waals surface area (Å²) in [4.78, 5) is 7.45. The fourth-order valence-electron chi connectivity index (χ4n) is 0.820. The molecule has 0 fully saturated rings. The monoisotopic (exact) mass is 254 g/mol. The van der Waals surface area contributed by atoms with Gasteiger partial charge in [-0.15, -0.1) is 0 Å². The number of rotatable bonds is 3. The van der Waals surface area contributed by atoms with Crippen molar-refractivity contribution in [3.8, 4) is 0 Å². The predicted molar refractivity (Wildman–Crippen MR) is 59.6 cm³/mol. The molecule has 1 heterocycles. The van der Waals surface area contributed by atoms with Gasteiger partial charge >= 0.3 is 78.1 Å². The van der Waals surface area contributed by atoms with E-state index >= 15 is 0 Å². The van der Waals surface area contributed by atoms with Gasteiger partial charge in [0.15, 0.2) is 0 Å². The van der Waals surface area contributed by atoms with Gasteiger partial charge in [0.25, 0.3) is 0 Å². The van der Waals surface area contributed by atoms with Gasteiger partial charge in [-0.3, -0.25) is 9.97 Å². The molecule has 1 atom stereocenters. The molecule has 2 N–H and O–H groups in total. The quantitative estimate of drug-likeness (QED) is 0.500. The SMILES string of the molecule is O=S(=O)=C([CH2][Na])C(O)CO.c1cnccn1. The topological polar surface area (TPSA) is 100 Å². The molecule has 1 rings (SSSR count). The molecule has 0 aliphatic carbocycles. The summed E-state index contributed by atoms with van der Waals surface area (Å²) in [5.74, 6) is 0. The number of aliphatic hydroxyl groups excluding tert-OH is 2. The maximum Gasteiger partial charge on any atom is 0.0451 e. The smallest absolute Gasteiger partial charge is 0.0451 e. The van der Waals surface area contributed by atoms with Crippen LogP contribution >= 0.6 is 0 Å². The van der Waals surface area contributed by atoms with Gasteiger partial charge in [0, 0.05) is 24.8 Å². The van der Waals surface area contributed by atoms with Crippen molar-refractivity contribution in [2.24, 2.45) is 0 Å². The molecule has 1 unspecified atom stereocenters. The van der Waals surface area contributed by atoms with Crippen LogP contribution in [0.2, 0.25) is 3.67 Å². The molecule has 0 saturated heterocycles. The Hall–Kier alpha value is -0.310. The minimum absolute atomic E-state index is 0.00849. The zero-order valence-electron chi connectivity index (χ0n) is 8.81. The molecule has 84 valence electrons. The summed E-state index contributed by atoms with van der Waals surface area (Å²) in [6.45, 7) is -0.522. The maximum atomic E-state index is 10.2. The van der Waals surface area contributed by atoms with Crippen LogP contribution < -0.4 is 0 Å². The molecule has 1 aromatic rings. The average molecular weight is 254 g/mol. The van der Waals surface area contributed by atoms with Crippen molar-refractivity contribution in [3.05, 3.63) is 24.8 Å². The van der Waals surface area contributed by atoms with Gasteiger partial charge in [-0.05, 0) is 0 Å². The molecule has 1 aromatic heterocycles. The summed E-state index contributed by atoms with van der Waals surface area (Å²) in [6, 6.07) is 0. The Morgan fingerprint density at radius 1 is 1.25 bits per heavy atom. The van der Waals surface area contributed by atoms with Gasteiger partial charge in [0.2, 0.25) is 0 Å². The Morgan fingerprint density at radius 3 is 1.81 bits per heavy atom. The molecule has 0 aliphatic rings. The van der Waals surface area contributed by atoms with Gasteiger partial charge in [-0.2, -0.15) is 0 Å². The van der Waals surface area contributed by atoms with Crippen LogP contribution in [0.3, 0.4) is 0 Å². The maximum absolute atomic E-state index is 10.2. The first-order valence-electron chi connectivity index (χ1n) is 4.57. The summed E-state index contributed by atoms with van der Waals surface area (Å²) in [5.41, 5.74) is 0. The molecule has 0 bridgehead atoms. The first-order valence-corrected chi connectivity index (χ1v) is 7.06. The molecule has 0 aromatic carbocycles. The van der Waals surface area contributed by atoms with Crippen LogP contribution in [0.5, 0.6) is 0 Å². The zero-order chi connectivity index (χ0) is 12.4. The first-order chi connectivity index (χ1) is 7.63. The standard InChI is InChI=1S/C4H4N2.C4H7O4S.Na/c1-2-6-4-3-5-1;1-3(9(7)8)4(6)2-5;/h1-4H;4-6H,1-2H2;. The van der Waals surface area contributed by atoms with Crippen molar-refractivity contribution in [1.29, 1.82) is 0 Å². The molecule has 0 aliphatic heterocycles. The summed E-state index contributed by atoms with van der Waals surface area (Å²) < 4.78 is 20.9. The van der Waals surface area contributed by atoms with E-state index in [1.54, 1.807) is 24.8 Å². The third kappa shape index (κ3) is 7.04. The Labute approximate surface area is 112 Å². The second-order valence-corrected chi connectivity index (χ2v) is 4.35. The number of hydrogen-bond donors (Lipinski definition) is 2. The van der Waals surface area contributed by atoms with Crippen molar-refractivity contribution in [3.63, 3.8) is 0 Å². The van der Waals surface area contributed by atoms with Crippen molar-refractivity contribution in [1.82, 2.24) is 9.97 Å². The molecule has 0 amide bonds. The summed E-state index contributed by atoms with van der Waals surface area (Å²) in [7, 11) is -2.34. The number of hydrogen-bond acceptors (Lipinski definition) is 6. The van der Waals surface area contributed by atoms with Gasteiger partial charge < -0.3 is 0 Å². The van der Waals surface area contributed by atoms with Crippen LogP contribution in [0.15, 0.2) is 24.8 Å². The van der Waals surface area contributed by atoms with Crippen LogP contribution in [0, 0.1) is 0 Å². The van der Waals surface area contributed by atoms with Crippen LogP contribution in [-0.2, 0) is 10.3 Å². The van der Waals surface area contributed by atoms with Gasteiger partial charge in [-0.25, -0.2) is 0 Å². The second-order valence-electron chi connectivity index (χ2n) is 2.65. The van der Waals surface area contributed by atoms with E-state index in [2.05, 4.69) is 9.97 Å². The second kappa shape index (κ2) is 9.88. The Morgan fingerprint density at radius 2 is 1.69 bits per heavy atom. The van der Waals surface area contributed by atoms with E-state index in [4.69, 9.17) is 10.2 Å². The van der Waals surface area contributed by atoms with Gasteiger partial charge in [0.1, 0.15) is 0 Å². The molecule has 16 heavy (non-hydrogen) atoms. The summed E-state index contributed by atoms with van der Waals surface area (Å²) >= 11 is 0.671. The Kier molecular flexibility index (Phi) is 9.69. The summed E-state index contributed by atoms with van der Waals surface area (Å²) in [5, 5.41) is 17.2. The Balaban J connectivity index is 0.000000315. The van der Waals surface area contributed by atoms with E-state index < -0.39 is 23.0 Å². The van der Waals surface area contributed by atoms with Crippen LogP contribution in [0.25, 0.3) is 0 Å². The fourth-order valence-corrected chi connectivity index (χ4v) is 2.53. The van der Waals surface area contributed by atoms with Crippen LogP contribution in [0.1, 0.15) is 0 Å². The fraction of sp³-hybridized carbons (Fsp3) is 0.375. The normalized spacial score (nSPS) is 11.0. The molecular weight excluding hydrogens is 243 g/mol. The average Bonchev–Trinajstić information content (AvgIpc) is 2.32. The largest absolute Gasteiger partial charge is 0.262 e. The predicted octanol–water partition coefficient (Wildman–Crippen LogP) is -1.55. The van der Waals surface area contributed by atoms with E-state index in [1.165, 1.54) is 0 Å². The zero-order valence-corrected chi connectivity index (χ0v) is 11.6. The number of nitrogens with zero attached hydrogens (tertiary/aromatic N) is 2. The van der Waals surface area contributed by atoms with E-state index in [-0.39, 0.29) is 4.86 Å². The van der Waals surface area contributed by atoms with Gasteiger partial charge in [-0.1, -0.05) is 0 Å². The molecule has 0 radical (unpaired) electrons. The third-order valence-corrected chi connectivity index (χ3v) is 3.85. The van der Waals surface area contributed by atoms with E-state index in [1.807, 2.05) is 0 Å². The minimum Gasteiger partial charge on any atom is -0.262 e.